The first kappa shape index (κ1) is 34.6. The molecule has 0 fully saturated rings. The van der Waals surface area contributed by atoms with Crippen molar-refractivity contribution in [3.63, 3.8) is 0 Å². The molecule has 2 aliphatic rings. The van der Waals surface area contributed by atoms with Crippen LogP contribution in [0.5, 0.6) is 0 Å². The van der Waals surface area contributed by atoms with Gasteiger partial charge < -0.3 is 4.42 Å². The van der Waals surface area contributed by atoms with Crippen molar-refractivity contribution in [3.05, 3.63) is 235 Å². The summed E-state index contributed by atoms with van der Waals surface area (Å²) in [7, 11) is 0. The molecule has 4 nitrogen and oxygen atoms in total. The van der Waals surface area contributed by atoms with E-state index in [0.717, 1.165) is 61.1 Å². The topological polar surface area (TPSA) is 51.8 Å². The van der Waals surface area contributed by atoms with E-state index in [1.54, 1.807) is 6.20 Å². The van der Waals surface area contributed by atoms with E-state index in [-0.39, 0.29) is 0 Å². The van der Waals surface area contributed by atoms with Gasteiger partial charge in [-0.25, -0.2) is 9.97 Å². The maximum Gasteiger partial charge on any atom is 0.160 e. The number of aromatic nitrogens is 3. The number of benzene rings is 8. The number of furan rings is 1. The Labute approximate surface area is 358 Å². The molecule has 2 aliphatic carbocycles. The second-order valence-electron chi connectivity index (χ2n) is 16.3. The molecule has 0 amide bonds. The highest BCUT2D eigenvalue weighted by Gasteiger charge is 2.50. The zero-order valence-electron chi connectivity index (χ0n) is 33.5. The summed E-state index contributed by atoms with van der Waals surface area (Å²) in [6.07, 6.45) is 3.69. The predicted molar refractivity (Wildman–Crippen MR) is 251 cm³/mol. The maximum absolute atomic E-state index is 6.57. The van der Waals surface area contributed by atoms with Crippen LogP contribution < -0.4 is 0 Å². The Bertz CT molecular complexity index is 3570. The molecule has 0 saturated heterocycles. The summed E-state index contributed by atoms with van der Waals surface area (Å²) < 4.78 is 6.57. The molecule has 4 heteroatoms. The number of fused-ring (bicyclic) bond motifs is 16. The van der Waals surface area contributed by atoms with Crippen LogP contribution in [0.25, 0.3) is 100 Å². The fraction of sp³-hybridized carbons (Fsp3) is 0.0172. The van der Waals surface area contributed by atoms with Crippen LogP contribution in [-0.4, -0.2) is 15.0 Å². The summed E-state index contributed by atoms with van der Waals surface area (Å²) in [6, 6.07) is 72.0. The van der Waals surface area contributed by atoms with Gasteiger partial charge in [-0.2, -0.15) is 0 Å². The van der Waals surface area contributed by atoms with Crippen molar-refractivity contribution in [1.29, 1.82) is 0 Å². The summed E-state index contributed by atoms with van der Waals surface area (Å²) in [5.74, 6) is 0.672. The minimum atomic E-state index is -0.681. The van der Waals surface area contributed by atoms with E-state index < -0.39 is 5.41 Å². The summed E-state index contributed by atoms with van der Waals surface area (Å²) in [6.45, 7) is 0. The van der Waals surface area contributed by atoms with Crippen LogP contribution in [0.3, 0.4) is 0 Å². The van der Waals surface area contributed by atoms with Crippen LogP contribution in [0.15, 0.2) is 217 Å². The number of pyridine rings is 1. The van der Waals surface area contributed by atoms with E-state index in [9.17, 15) is 0 Å². The molecule has 1 spiro atoms. The van der Waals surface area contributed by atoms with Gasteiger partial charge in [-0.15, -0.1) is 0 Å². The molecule has 11 aromatic rings. The lowest BCUT2D eigenvalue weighted by Gasteiger charge is -2.35. The summed E-state index contributed by atoms with van der Waals surface area (Å²) >= 11 is 0. The van der Waals surface area contributed by atoms with Gasteiger partial charge in [0.1, 0.15) is 11.2 Å². The third-order valence-electron chi connectivity index (χ3n) is 13.0. The van der Waals surface area contributed by atoms with Gasteiger partial charge in [0.05, 0.1) is 16.8 Å². The van der Waals surface area contributed by atoms with Crippen molar-refractivity contribution in [2.75, 3.05) is 0 Å². The molecule has 1 atom stereocenters. The predicted octanol–water partition coefficient (Wildman–Crippen LogP) is 14.4. The average Bonchev–Trinajstić information content (AvgIpc) is 3.85. The molecule has 0 aliphatic heterocycles. The minimum absolute atomic E-state index is 0.672. The molecular weight excluding hydrogens is 755 g/mol. The quantitative estimate of drug-likeness (QED) is 0.178. The first-order valence-corrected chi connectivity index (χ1v) is 21.1. The van der Waals surface area contributed by atoms with Crippen molar-refractivity contribution < 1.29 is 4.42 Å². The zero-order chi connectivity index (χ0) is 40.8. The van der Waals surface area contributed by atoms with Crippen molar-refractivity contribution in [2.24, 2.45) is 0 Å². The van der Waals surface area contributed by atoms with Crippen LogP contribution in [0.4, 0.5) is 0 Å². The molecule has 13 rings (SSSR count). The summed E-state index contributed by atoms with van der Waals surface area (Å²) in [4.78, 5) is 14.9. The molecule has 0 N–H and O–H groups in total. The van der Waals surface area contributed by atoms with Gasteiger partial charge in [-0.1, -0.05) is 170 Å². The van der Waals surface area contributed by atoms with Gasteiger partial charge in [0.15, 0.2) is 5.82 Å². The lowest BCUT2D eigenvalue weighted by molar-refractivity contribution is 0.668. The number of para-hydroxylation sites is 1. The molecule has 3 heterocycles. The maximum atomic E-state index is 6.57. The smallest absolute Gasteiger partial charge is 0.160 e. The molecule has 8 aromatic carbocycles. The Kier molecular flexibility index (Phi) is 7.49. The van der Waals surface area contributed by atoms with E-state index in [0.29, 0.717) is 5.82 Å². The standard InChI is InChI=1S/C58H35N3O/c1-2-13-37(14-3-1)51-34-52(61-57(60-51)38-26-24-36(25-27-38)40-15-12-32-59-35-40)39-28-29-44-42-17-5-4-16-41(42)43-18-6-9-21-47(43)58(50(44)33-39)48-22-10-7-19-45(48)55-49(58)30-31-54-56(55)46-20-8-11-23-53(46)62-54/h1-35H. The lowest BCUT2D eigenvalue weighted by atomic mass is 9.65. The third-order valence-corrected chi connectivity index (χ3v) is 13.0. The van der Waals surface area contributed by atoms with E-state index in [1.165, 1.54) is 55.6 Å². The molecule has 0 saturated carbocycles. The Hall–Kier alpha value is -8.21. The van der Waals surface area contributed by atoms with Gasteiger partial charge in [0.25, 0.3) is 0 Å². The largest absolute Gasteiger partial charge is 0.456 e. The lowest BCUT2D eigenvalue weighted by Crippen LogP contribution is -2.29. The Morgan fingerprint density at radius 2 is 0.984 bits per heavy atom. The van der Waals surface area contributed by atoms with Crippen LogP contribution in [0, 0.1) is 0 Å². The van der Waals surface area contributed by atoms with Gasteiger partial charge >= 0.3 is 0 Å². The van der Waals surface area contributed by atoms with Crippen molar-refractivity contribution >= 4 is 21.9 Å². The normalized spacial score (nSPS) is 14.5. The average molecular weight is 790 g/mol. The SMILES string of the molecule is c1ccc(-c2cc(-c3ccc4c(c3)C3(c5ccccc5-c5ccccc5-4)c4ccccc4-c4c3ccc3oc5ccccc5c43)nc(-c3ccc(-c4cccnc4)cc3)n2)cc1. The van der Waals surface area contributed by atoms with Crippen molar-refractivity contribution in [1.82, 2.24) is 15.0 Å². The molecule has 1 unspecified atom stereocenters. The fourth-order valence-corrected chi connectivity index (χ4v) is 10.4. The first-order valence-electron chi connectivity index (χ1n) is 21.1. The molecular formula is C58H35N3O. The van der Waals surface area contributed by atoms with Gasteiger partial charge in [0.2, 0.25) is 0 Å². The summed E-state index contributed by atoms with van der Waals surface area (Å²) in [5.41, 5.74) is 20.3. The third kappa shape index (κ3) is 4.98. The highest BCUT2D eigenvalue weighted by atomic mass is 16.3. The second kappa shape index (κ2) is 13.4. The minimum Gasteiger partial charge on any atom is -0.456 e. The number of hydrogen-bond acceptors (Lipinski definition) is 4. The van der Waals surface area contributed by atoms with Crippen LogP contribution in [0.1, 0.15) is 22.3 Å². The number of hydrogen-bond donors (Lipinski definition) is 0. The Morgan fingerprint density at radius 3 is 1.76 bits per heavy atom. The van der Waals surface area contributed by atoms with E-state index in [4.69, 9.17) is 14.4 Å². The summed E-state index contributed by atoms with van der Waals surface area (Å²) in [5, 5.41) is 2.28. The van der Waals surface area contributed by atoms with E-state index in [1.807, 2.05) is 18.3 Å². The van der Waals surface area contributed by atoms with Crippen LogP contribution in [-0.2, 0) is 5.41 Å². The van der Waals surface area contributed by atoms with Gasteiger partial charge in [0, 0.05) is 39.9 Å². The van der Waals surface area contributed by atoms with Crippen molar-refractivity contribution in [3.8, 4) is 78.4 Å². The van der Waals surface area contributed by atoms with E-state index >= 15 is 0 Å². The molecule has 0 radical (unpaired) electrons. The number of rotatable bonds is 4. The van der Waals surface area contributed by atoms with Crippen LogP contribution in [0.2, 0.25) is 0 Å². The second-order valence-corrected chi connectivity index (χ2v) is 16.3. The zero-order valence-corrected chi connectivity index (χ0v) is 33.5. The monoisotopic (exact) mass is 789 g/mol. The van der Waals surface area contributed by atoms with E-state index in [2.05, 4.69) is 193 Å². The number of nitrogens with zero attached hydrogens (tertiary/aromatic N) is 3. The van der Waals surface area contributed by atoms with Gasteiger partial charge in [-0.05, 0) is 97.1 Å². The molecule has 0 bridgehead atoms. The molecule has 62 heavy (non-hydrogen) atoms. The van der Waals surface area contributed by atoms with Crippen LogP contribution >= 0.6 is 0 Å². The van der Waals surface area contributed by atoms with Crippen molar-refractivity contribution in [2.45, 2.75) is 5.41 Å². The molecule has 288 valence electrons. The highest BCUT2D eigenvalue weighted by molar-refractivity contribution is 6.16. The Balaban J connectivity index is 1.11. The first-order chi connectivity index (χ1) is 30.7. The molecule has 3 aromatic heterocycles. The Morgan fingerprint density at radius 1 is 0.371 bits per heavy atom. The van der Waals surface area contributed by atoms with Gasteiger partial charge in [-0.3, -0.25) is 4.98 Å². The highest BCUT2D eigenvalue weighted by Crippen LogP contribution is 2.63. The fourth-order valence-electron chi connectivity index (χ4n) is 10.4.